The predicted octanol–water partition coefficient (Wildman–Crippen LogP) is 1.23. The molecule has 18 heavy (non-hydrogen) atoms. The molecular formula is C11H13ClN2O4. The standard InChI is InChI=1S/C11H13ClN2O4/c1-18-9-3-2-8(12)4-7(9)5-13-11(17)14-6-10(15)16/h2-4H,5-6H2,1H3,(H,15,16)(H2,13,14,17). The van der Waals surface area contributed by atoms with Crippen molar-refractivity contribution in [3.05, 3.63) is 28.8 Å². The molecule has 0 atom stereocenters. The average Bonchev–Trinajstić information content (AvgIpc) is 2.34. The second-order valence-electron chi connectivity index (χ2n) is 3.39. The van der Waals surface area contributed by atoms with Crippen LogP contribution in [0.3, 0.4) is 0 Å². The van der Waals surface area contributed by atoms with Crippen LogP contribution in [-0.2, 0) is 11.3 Å². The van der Waals surface area contributed by atoms with Gasteiger partial charge < -0.3 is 20.5 Å². The zero-order valence-electron chi connectivity index (χ0n) is 9.70. The van der Waals surface area contributed by atoms with Gasteiger partial charge in [-0.25, -0.2) is 4.79 Å². The summed E-state index contributed by atoms with van der Waals surface area (Å²) in [7, 11) is 1.51. The molecule has 0 heterocycles. The van der Waals surface area contributed by atoms with E-state index in [1.807, 2.05) is 0 Å². The molecule has 3 N–H and O–H groups in total. The summed E-state index contributed by atoms with van der Waals surface area (Å²) in [6.07, 6.45) is 0. The van der Waals surface area contributed by atoms with Crippen LogP contribution in [0.25, 0.3) is 0 Å². The van der Waals surface area contributed by atoms with Gasteiger partial charge in [0.2, 0.25) is 0 Å². The molecule has 0 fully saturated rings. The van der Waals surface area contributed by atoms with Gasteiger partial charge in [0.05, 0.1) is 7.11 Å². The molecule has 1 aromatic carbocycles. The van der Waals surface area contributed by atoms with Gasteiger partial charge in [-0.2, -0.15) is 0 Å². The van der Waals surface area contributed by atoms with E-state index in [4.69, 9.17) is 21.4 Å². The third kappa shape index (κ3) is 4.50. The highest BCUT2D eigenvalue weighted by atomic mass is 35.5. The van der Waals surface area contributed by atoms with Gasteiger partial charge in [0, 0.05) is 17.1 Å². The Morgan fingerprint density at radius 2 is 2.11 bits per heavy atom. The Morgan fingerprint density at radius 3 is 2.72 bits per heavy atom. The monoisotopic (exact) mass is 272 g/mol. The van der Waals surface area contributed by atoms with Gasteiger partial charge >= 0.3 is 12.0 Å². The number of hydrogen-bond donors (Lipinski definition) is 3. The van der Waals surface area contributed by atoms with Crippen molar-refractivity contribution in [2.45, 2.75) is 6.54 Å². The average molecular weight is 273 g/mol. The number of carboxylic acids is 1. The summed E-state index contributed by atoms with van der Waals surface area (Å²) in [5, 5.41) is 13.6. The molecule has 0 unspecified atom stereocenters. The summed E-state index contributed by atoms with van der Waals surface area (Å²) in [5.41, 5.74) is 0.704. The molecule has 2 amide bonds. The first-order valence-corrected chi connectivity index (χ1v) is 5.46. The molecule has 0 aliphatic heterocycles. The molecule has 1 aromatic rings. The van der Waals surface area contributed by atoms with Crippen LogP contribution in [0.15, 0.2) is 18.2 Å². The number of carbonyl (C=O) groups is 2. The second-order valence-corrected chi connectivity index (χ2v) is 3.82. The van der Waals surface area contributed by atoms with Crippen LogP contribution < -0.4 is 15.4 Å². The van der Waals surface area contributed by atoms with Gasteiger partial charge in [0.1, 0.15) is 12.3 Å². The van der Waals surface area contributed by atoms with Crippen molar-refractivity contribution in [2.75, 3.05) is 13.7 Å². The summed E-state index contributed by atoms with van der Waals surface area (Å²) in [5.74, 6) is -0.511. The van der Waals surface area contributed by atoms with Gasteiger partial charge in [-0.05, 0) is 18.2 Å². The minimum absolute atomic E-state index is 0.190. The lowest BCUT2D eigenvalue weighted by molar-refractivity contribution is -0.135. The number of aliphatic carboxylic acids is 1. The molecule has 0 bridgehead atoms. The quantitative estimate of drug-likeness (QED) is 0.752. The maximum Gasteiger partial charge on any atom is 0.323 e. The summed E-state index contributed by atoms with van der Waals surface area (Å²) >= 11 is 5.83. The SMILES string of the molecule is COc1ccc(Cl)cc1CNC(=O)NCC(=O)O. The second kappa shape index (κ2) is 6.70. The van der Waals surface area contributed by atoms with Gasteiger partial charge in [0.15, 0.2) is 0 Å². The lowest BCUT2D eigenvalue weighted by atomic mass is 10.2. The van der Waals surface area contributed by atoms with Gasteiger partial charge in [-0.1, -0.05) is 11.6 Å². The van der Waals surface area contributed by atoms with Crippen LogP contribution in [0.5, 0.6) is 5.75 Å². The van der Waals surface area contributed by atoms with Crippen molar-refractivity contribution >= 4 is 23.6 Å². The van der Waals surface area contributed by atoms with Crippen LogP contribution in [0.1, 0.15) is 5.56 Å². The Bertz CT molecular complexity index is 451. The first-order valence-electron chi connectivity index (χ1n) is 5.09. The molecule has 0 spiro atoms. The third-order valence-corrected chi connectivity index (χ3v) is 2.32. The fourth-order valence-electron chi connectivity index (χ4n) is 1.28. The van der Waals surface area contributed by atoms with Crippen LogP contribution in [0.4, 0.5) is 4.79 Å². The first kappa shape index (κ1) is 14.1. The van der Waals surface area contributed by atoms with Crippen LogP contribution in [0, 0.1) is 0 Å². The van der Waals surface area contributed by atoms with E-state index in [0.717, 1.165) is 0 Å². The lowest BCUT2D eigenvalue weighted by Gasteiger charge is -2.10. The first-order chi connectivity index (χ1) is 8.52. The number of nitrogens with one attached hydrogen (secondary N) is 2. The maximum atomic E-state index is 11.2. The lowest BCUT2D eigenvalue weighted by Crippen LogP contribution is -2.38. The van der Waals surface area contributed by atoms with E-state index >= 15 is 0 Å². The zero-order chi connectivity index (χ0) is 13.5. The molecule has 98 valence electrons. The Labute approximate surface area is 109 Å². The molecule has 0 aliphatic rings. The Hall–Kier alpha value is -1.95. The Kier molecular flexibility index (Phi) is 5.26. The fraction of sp³-hybridized carbons (Fsp3) is 0.273. The molecule has 0 radical (unpaired) electrons. The maximum absolute atomic E-state index is 11.2. The van der Waals surface area contributed by atoms with Crippen LogP contribution in [-0.4, -0.2) is 30.8 Å². The van der Waals surface area contributed by atoms with E-state index in [1.165, 1.54) is 7.11 Å². The van der Waals surface area contributed by atoms with E-state index in [-0.39, 0.29) is 6.54 Å². The van der Waals surface area contributed by atoms with Crippen molar-refractivity contribution in [3.63, 3.8) is 0 Å². The fourth-order valence-corrected chi connectivity index (χ4v) is 1.47. The van der Waals surface area contributed by atoms with Gasteiger partial charge in [0.25, 0.3) is 0 Å². The van der Waals surface area contributed by atoms with Crippen LogP contribution in [0.2, 0.25) is 5.02 Å². The number of halogens is 1. The molecule has 6 nitrogen and oxygen atoms in total. The highest BCUT2D eigenvalue weighted by Crippen LogP contribution is 2.22. The topological polar surface area (TPSA) is 87.7 Å². The van der Waals surface area contributed by atoms with E-state index in [0.29, 0.717) is 16.3 Å². The summed E-state index contributed by atoms with van der Waals surface area (Å²) in [4.78, 5) is 21.5. The minimum Gasteiger partial charge on any atom is -0.496 e. The molecule has 7 heteroatoms. The molecular weight excluding hydrogens is 260 g/mol. The van der Waals surface area contributed by atoms with Crippen molar-refractivity contribution in [1.82, 2.24) is 10.6 Å². The number of urea groups is 1. The predicted molar refractivity (Wildman–Crippen MR) is 65.9 cm³/mol. The van der Waals surface area contributed by atoms with E-state index in [2.05, 4.69) is 10.6 Å². The molecule has 0 saturated heterocycles. The highest BCUT2D eigenvalue weighted by Gasteiger charge is 2.07. The number of methoxy groups -OCH3 is 1. The number of carboxylic acid groups (broad SMARTS) is 1. The molecule has 0 aromatic heterocycles. The normalized spacial score (nSPS) is 9.67. The smallest absolute Gasteiger partial charge is 0.323 e. The number of hydrogen-bond acceptors (Lipinski definition) is 3. The van der Waals surface area contributed by atoms with Crippen molar-refractivity contribution in [3.8, 4) is 5.75 Å². The molecule has 1 rings (SSSR count). The number of amides is 2. The Morgan fingerprint density at radius 1 is 1.39 bits per heavy atom. The third-order valence-electron chi connectivity index (χ3n) is 2.08. The number of ether oxygens (including phenoxy) is 1. The number of rotatable bonds is 5. The van der Waals surface area contributed by atoms with Crippen molar-refractivity contribution < 1.29 is 19.4 Å². The largest absolute Gasteiger partial charge is 0.496 e. The summed E-state index contributed by atoms with van der Waals surface area (Å²) < 4.78 is 5.11. The van der Waals surface area contributed by atoms with Gasteiger partial charge in [-0.3, -0.25) is 4.79 Å². The zero-order valence-corrected chi connectivity index (χ0v) is 10.5. The number of carbonyl (C=O) groups excluding carboxylic acids is 1. The van der Waals surface area contributed by atoms with E-state index in [9.17, 15) is 9.59 Å². The minimum atomic E-state index is -1.11. The van der Waals surface area contributed by atoms with Crippen molar-refractivity contribution in [2.24, 2.45) is 0 Å². The van der Waals surface area contributed by atoms with Crippen molar-refractivity contribution in [1.29, 1.82) is 0 Å². The molecule has 0 saturated carbocycles. The Balaban J connectivity index is 2.54. The van der Waals surface area contributed by atoms with E-state index in [1.54, 1.807) is 18.2 Å². The summed E-state index contributed by atoms with van der Waals surface area (Å²) in [6, 6.07) is 4.46. The van der Waals surface area contributed by atoms with Gasteiger partial charge in [-0.15, -0.1) is 0 Å². The van der Waals surface area contributed by atoms with Crippen LogP contribution >= 0.6 is 11.6 Å². The number of benzene rings is 1. The highest BCUT2D eigenvalue weighted by molar-refractivity contribution is 6.30. The molecule has 0 aliphatic carbocycles. The summed E-state index contributed by atoms with van der Waals surface area (Å²) in [6.45, 7) is -0.242. The van der Waals surface area contributed by atoms with E-state index < -0.39 is 18.5 Å².